The number of nitrogens with zero attached hydrogens (tertiary/aromatic N) is 2. The molecule has 1 fully saturated rings. The molecule has 2 aliphatic rings. The highest BCUT2D eigenvalue weighted by Gasteiger charge is 2.28. The maximum Gasteiger partial charge on any atom is 0.410 e. The molecule has 194 valence electrons. The van der Waals surface area contributed by atoms with E-state index in [0.717, 1.165) is 18.4 Å². The highest BCUT2D eigenvalue weighted by Crippen LogP contribution is 2.26. The number of nitrogens with one attached hydrogen (secondary N) is 1. The number of piperidine rings is 1. The number of amides is 1. The van der Waals surface area contributed by atoms with Crippen LogP contribution in [-0.4, -0.2) is 61.9 Å². The molecule has 0 radical (unpaired) electrons. The summed E-state index contributed by atoms with van der Waals surface area (Å²) in [6.45, 7) is 7.52. The molecule has 0 aliphatic carbocycles. The van der Waals surface area contributed by atoms with Crippen molar-refractivity contribution in [2.75, 3.05) is 32.2 Å². The minimum absolute atomic E-state index is 0.0738. The molecular formula is C27H35N3O6. The van der Waals surface area contributed by atoms with Crippen molar-refractivity contribution in [3.05, 3.63) is 65.5 Å². The number of allylic oxidation sites excluding steroid dienone is 2. The molecule has 0 saturated carbocycles. The van der Waals surface area contributed by atoms with Crippen LogP contribution in [0.5, 0.6) is 0 Å². The Morgan fingerprint density at radius 2 is 1.72 bits per heavy atom. The van der Waals surface area contributed by atoms with Crippen molar-refractivity contribution in [3.8, 4) is 0 Å². The molecule has 9 heteroatoms. The Kier molecular flexibility index (Phi) is 8.93. The fraction of sp³-hybridized carbons (Fsp3) is 0.444. The molecule has 1 saturated heterocycles. The monoisotopic (exact) mass is 497 g/mol. The van der Waals surface area contributed by atoms with Crippen molar-refractivity contribution in [3.63, 3.8) is 0 Å². The van der Waals surface area contributed by atoms with E-state index in [1.807, 2.05) is 45.0 Å². The zero-order valence-electron chi connectivity index (χ0n) is 21.6. The van der Waals surface area contributed by atoms with Crippen LogP contribution >= 0.6 is 0 Å². The van der Waals surface area contributed by atoms with Crippen molar-refractivity contribution in [1.82, 2.24) is 10.2 Å². The average Bonchev–Trinajstić information content (AvgIpc) is 3.09. The summed E-state index contributed by atoms with van der Waals surface area (Å²) in [7, 11) is 2.53. The van der Waals surface area contributed by atoms with Crippen LogP contribution in [0.15, 0.2) is 60.0 Å². The smallest absolute Gasteiger partial charge is 0.410 e. The SMILES string of the molecule is COC(=O)C1=C(C(=O)OC)N(c2ccc(CNC3CCCN(C(=O)OC(C)(C)C)C3)cc2)C=CC=C1. The molecular weight excluding hydrogens is 462 g/mol. The van der Waals surface area contributed by atoms with Crippen LogP contribution in [-0.2, 0) is 30.3 Å². The predicted octanol–water partition coefficient (Wildman–Crippen LogP) is 3.67. The maximum atomic E-state index is 12.6. The van der Waals surface area contributed by atoms with E-state index in [-0.39, 0.29) is 23.4 Å². The minimum Gasteiger partial charge on any atom is -0.465 e. The Bertz CT molecular complexity index is 1050. The standard InChI is InChI=1S/C27H35N3O6/c1-27(2,3)36-26(33)29-15-8-9-20(18-29)28-17-19-11-13-21(14-12-19)30-16-7-6-10-22(24(31)34-4)23(30)25(32)35-5/h6-7,10-14,16,20,28H,8-9,15,17-18H2,1-5H3. The van der Waals surface area contributed by atoms with Crippen LogP contribution in [0.3, 0.4) is 0 Å². The van der Waals surface area contributed by atoms with Crippen molar-refractivity contribution in [2.24, 2.45) is 0 Å². The van der Waals surface area contributed by atoms with E-state index in [0.29, 0.717) is 25.3 Å². The van der Waals surface area contributed by atoms with Crippen LogP contribution in [0.2, 0.25) is 0 Å². The van der Waals surface area contributed by atoms with Crippen LogP contribution in [0.4, 0.5) is 10.5 Å². The zero-order valence-corrected chi connectivity index (χ0v) is 21.6. The van der Waals surface area contributed by atoms with E-state index in [2.05, 4.69) is 5.32 Å². The Labute approximate surface area is 212 Å². The third kappa shape index (κ3) is 6.97. The number of methoxy groups -OCH3 is 2. The number of carbonyl (C=O) groups is 3. The Morgan fingerprint density at radius 3 is 2.36 bits per heavy atom. The fourth-order valence-electron chi connectivity index (χ4n) is 4.04. The first-order valence-corrected chi connectivity index (χ1v) is 12.0. The van der Waals surface area contributed by atoms with Gasteiger partial charge in [-0.1, -0.05) is 18.2 Å². The van der Waals surface area contributed by atoms with Gasteiger partial charge < -0.3 is 29.3 Å². The van der Waals surface area contributed by atoms with Crippen LogP contribution in [0.1, 0.15) is 39.2 Å². The summed E-state index contributed by atoms with van der Waals surface area (Å²) in [6.07, 6.45) is 8.23. The molecule has 9 nitrogen and oxygen atoms in total. The van der Waals surface area contributed by atoms with Gasteiger partial charge in [0.05, 0.1) is 19.8 Å². The summed E-state index contributed by atoms with van der Waals surface area (Å²) in [5.74, 6) is -1.28. The highest BCUT2D eigenvalue weighted by molar-refractivity contribution is 6.05. The first-order valence-electron chi connectivity index (χ1n) is 12.0. The maximum absolute atomic E-state index is 12.6. The molecule has 2 aliphatic heterocycles. The number of ether oxygens (including phenoxy) is 3. The van der Waals surface area contributed by atoms with Gasteiger partial charge in [0.1, 0.15) is 11.3 Å². The van der Waals surface area contributed by atoms with E-state index in [4.69, 9.17) is 14.2 Å². The predicted molar refractivity (Wildman–Crippen MR) is 136 cm³/mol. The van der Waals surface area contributed by atoms with E-state index in [1.54, 1.807) is 28.2 Å². The number of carbonyl (C=O) groups excluding carboxylic acids is 3. The molecule has 0 spiro atoms. The topological polar surface area (TPSA) is 97.4 Å². The molecule has 1 aromatic rings. The summed E-state index contributed by atoms with van der Waals surface area (Å²) < 4.78 is 15.3. The average molecular weight is 498 g/mol. The van der Waals surface area contributed by atoms with Crippen molar-refractivity contribution < 1.29 is 28.6 Å². The zero-order chi connectivity index (χ0) is 26.3. The van der Waals surface area contributed by atoms with Gasteiger partial charge in [0.25, 0.3) is 0 Å². The second-order valence-electron chi connectivity index (χ2n) is 9.63. The number of likely N-dealkylation sites (tertiary alicyclic amines) is 1. The second kappa shape index (κ2) is 11.9. The largest absolute Gasteiger partial charge is 0.465 e. The molecule has 36 heavy (non-hydrogen) atoms. The fourth-order valence-corrected chi connectivity index (χ4v) is 4.04. The van der Waals surface area contributed by atoms with Gasteiger partial charge >= 0.3 is 18.0 Å². The highest BCUT2D eigenvalue weighted by atomic mass is 16.6. The number of hydrogen-bond donors (Lipinski definition) is 1. The summed E-state index contributed by atoms with van der Waals surface area (Å²) in [5, 5.41) is 3.53. The molecule has 1 unspecified atom stereocenters. The van der Waals surface area contributed by atoms with E-state index in [1.165, 1.54) is 20.3 Å². The lowest BCUT2D eigenvalue weighted by molar-refractivity contribution is -0.139. The Balaban J connectivity index is 1.68. The van der Waals surface area contributed by atoms with Gasteiger partial charge in [0, 0.05) is 37.6 Å². The summed E-state index contributed by atoms with van der Waals surface area (Å²) in [4.78, 5) is 40.7. The summed E-state index contributed by atoms with van der Waals surface area (Å²) in [5.41, 5.74) is 1.39. The summed E-state index contributed by atoms with van der Waals surface area (Å²) in [6, 6.07) is 7.82. The van der Waals surface area contributed by atoms with E-state index < -0.39 is 17.5 Å². The molecule has 0 aromatic heterocycles. The number of esters is 2. The third-order valence-corrected chi connectivity index (χ3v) is 5.77. The molecule has 1 N–H and O–H groups in total. The lowest BCUT2D eigenvalue weighted by atomic mass is 10.1. The first-order chi connectivity index (χ1) is 17.1. The third-order valence-electron chi connectivity index (χ3n) is 5.77. The minimum atomic E-state index is -0.649. The Hall–Kier alpha value is -3.59. The van der Waals surface area contributed by atoms with Gasteiger partial charge in [-0.2, -0.15) is 0 Å². The number of rotatable bonds is 6. The number of hydrogen-bond acceptors (Lipinski definition) is 8. The Morgan fingerprint density at radius 1 is 1.03 bits per heavy atom. The number of benzene rings is 1. The second-order valence-corrected chi connectivity index (χ2v) is 9.63. The molecule has 3 rings (SSSR count). The lowest BCUT2D eigenvalue weighted by Crippen LogP contribution is -2.49. The lowest BCUT2D eigenvalue weighted by Gasteiger charge is -2.34. The molecule has 1 atom stereocenters. The van der Waals surface area contributed by atoms with Gasteiger partial charge in [-0.25, -0.2) is 14.4 Å². The van der Waals surface area contributed by atoms with Crippen molar-refractivity contribution in [2.45, 2.75) is 51.8 Å². The van der Waals surface area contributed by atoms with Crippen LogP contribution in [0, 0.1) is 0 Å². The first kappa shape index (κ1) is 27.0. The van der Waals surface area contributed by atoms with Gasteiger partial charge in [-0.3, -0.25) is 0 Å². The molecule has 1 amide bonds. The van der Waals surface area contributed by atoms with Gasteiger partial charge in [0.2, 0.25) is 0 Å². The summed E-state index contributed by atoms with van der Waals surface area (Å²) >= 11 is 0. The van der Waals surface area contributed by atoms with Gasteiger partial charge in [-0.15, -0.1) is 0 Å². The molecule has 2 heterocycles. The van der Waals surface area contributed by atoms with Gasteiger partial charge in [-0.05, 0) is 63.5 Å². The number of anilines is 1. The molecule has 1 aromatic carbocycles. The van der Waals surface area contributed by atoms with Crippen LogP contribution < -0.4 is 10.2 Å². The normalized spacial score (nSPS) is 18.1. The van der Waals surface area contributed by atoms with E-state index in [9.17, 15) is 14.4 Å². The van der Waals surface area contributed by atoms with Gasteiger partial charge in [0.15, 0.2) is 0 Å². The quantitative estimate of drug-likeness (QED) is 0.470. The van der Waals surface area contributed by atoms with Crippen LogP contribution in [0.25, 0.3) is 0 Å². The van der Waals surface area contributed by atoms with Crippen molar-refractivity contribution >= 4 is 23.7 Å². The van der Waals surface area contributed by atoms with E-state index >= 15 is 0 Å². The molecule has 0 bridgehead atoms. The van der Waals surface area contributed by atoms with Crippen molar-refractivity contribution in [1.29, 1.82) is 0 Å².